The number of rotatable bonds is 5. The minimum atomic E-state index is -1.09. The van der Waals surface area contributed by atoms with Gasteiger partial charge in [0.1, 0.15) is 11.9 Å². The fraction of sp³-hybridized carbons (Fsp3) is 0.385. The van der Waals surface area contributed by atoms with Gasteiger partial charge in [0.25, 0.3) is 0 Å². The number of urea groups is 1. The van der Waals surface area contributed by atoms with Gasteiger partial charge >= 0.3 is 12.0 Å². The summed E-state index contributed by atoms with van der Waals surface area (Å²) in [5, 5.41) is 13.9. The standard InChI is InChI=1S/C13H16BrFN2O3/c1-7(2)5-11(12(18)19)17-13(20)16-10-4-3-8(15)6-9(10)14/h3-4,6-7,11H,5H2,1-2H3,(H,18,19)(H2,16,17,20). The summed E-state index contributed by atoms with van der Waals surface area (Å²) in [6.45, 7) is 3.73. The van der Waals surface area contributed by atoms with Crippen LogP contribution in [-0.2, 0) is 4.79 Å². The first-order valence-corrected chi connectivity index (χ1v) is 6.84. The summed E-state index contributed by atoms with van der Waals surface area (Å²) in [5.74, 6) is -1.40. The van der Waals surface area contributed by atoms with E-state index in [4.69, 9.17) is 5.11 Å². The summed E-state index contributed by atoms with van der Waals surface area (Å²) in [4.78, 5) is 22.8. The average Bonchev–Trinajstić information content (AvgIpc) is 2.31. The number of carbonyl (C=O) groups excluding carboxylic acids is 1. The number of carboxylic acids is 1. The second kappa shape index (κ2) is 7.23. The summed E-state index contributed by atoms with van der Waals surface area (Å²) in [7, 11) is 0. The normalized spacial score (nSPS) is 12.1. The molecule has 1 atom stereocenters. The molecule has 1 rings (SSSR count). The Hall–Kier alpha value is -1.63. The van der Waals surface area contributed by atoms with E-state index < -0.39 is 23.9 Å². The van der Waals surface area contributed by atoms with E-state index in [-0.39, 0.29) is 5.92 Å². The molecule has 0 aromatic heterocycles. The van der Waals surface area contributed by atoms with Gasteiger partial charge in [0.2, 0.25) is 0 Å². The van der Waals surface area contributed by atoms with Gasteiger partial charge < -0.3 is 15.7 Å². The van der Waals surface area contributed by atoms with Crippen molar-refractivity contribution in [1.82, 2.24) is 5.32 Å². The Bertz CT molecular complexity index is 508. The monoisotopic (exact) mass is 346 g/mol. The van der Waals surface area contributed by atoms with Crippen molar-refractivity contribution in [3.63, 3.8) is 0 Å². The minimum Gasteiger partial charge on any atom is -0.480 e. The minimum absolute atomic E-state index is 0.133. The number of halogens is 2. The number of benzene rings is 1. The average molecular weight is 347 g/mol. The lowest BCUT2D eigenvalue weighted by atomic mass is 10.0. The molecule has 0 heterocycles. The summed E-state index contributed by atoms with van der Waals surface area (Å²) < 4.78 is 13.3. The van der Waals surface area contributed by atoms with E-state index in [0.29, 0.717) is 16.6 Å². The van der Waals surface area contributed by atoms with E-state index in [1.807, 2.05) is 13.8 Å². The summed E-state index contributed by atoms with van der Waals surface area (Å²) >= 11 is 3.11. The third-order valence-electron chi connectivity index (χ3n) is 2.49. The molecule has 7 heteroatoms. The van der Waals surface area contributed by atoms with Crippen molar-refractivity contribution < 1.29 is 19.1 Å². The Morgan fingerprint density at radius 2 is 2.05 bits per heavy atom. The van der Waals surface area contributed by atoms with Crippen molar-refractivity contribution in [3.05, 3.63) is 28.5 Å². The lowest BCUT2D eigenvalue weighted by Crippen LogP contribution is -2.43. The van der Waals surface area contributed by atoms with Gasteiger partial charge in [-0.1, -0.05) is 13.8 Å². The van der Waals surface area contributed by atoms with Crippen molar-refractivity contribution in [2.45, 2.75) is 26.3 Å². The molecule has 1 aromatic carbocycles. The fourth-order valence-corrected chi connectivity index (χ4v) is 2.05. The van der Waals surface area contributed by atoms with Crippen LogP contribution < -0.4 is 10.6 Å². The Balaban J connectivity index is 2.68. The van der Waals surface area contributed by atoms with E-state index in [1.165, 1.54) is 18.2 Å². The van der Waals surface area contributed by atoms with Crippen LogP contribution in [0.1, 0.15) is 20.3 Å². The topological polar surface area (TPSA) is 78.4 Å². The van der Waals surface area contributed by atoms with Gasteiger partial charge in [-0.2, -0.15) is 0 Å². The number of amides is 2. The van der Waals surface area contributed by atoms with E-state index in [1.54, 1.807) is 0 Å². The molecule has 3 N–H and O–H groups in total. The molecule has 1 aromatic rings. The second-order valence-electron chi connectivity index (χ2n) is 4.74. The lowest BCUT2D eigenvalue weighted by molar-refractivity contribution is -0.139. The Kier molecular flexibility index (Phi) is 5.94. The largest absolute Gasteiger partial charge is 0.480 e. The molecule has 0 fully saturated rings. The predicted molar refractivity (Wildman–Crippen MR) is 77.1 cm³/mol. The van der Waals surface area contributed by atoms with E-state index in [9.17, 15) is 14.0 Å². The smallest absolute Gasteiger partial charge is 0.326 e. The maximum absolute atomic E-state index is 12.9. The number of hydrogen-bond acceptors (Lipinski definition) is 2. The van der Waals surface area contributed by atoms with Crippen molar-refractivity contribution in [2.24, 2.45) is 5.92 Å². The highest BCUT2D eigenvalue weighted by molar-refractivity contribution is 9.10. The number of carboxylic acid groups (broad SMARTS) is 1. The van der Waals surface area contributed by atoms with Crippen LogP contribution in [0.2, 0.25) is 0 Å². The van der Waals surface area contributed by atoms with Crippen molar-refractivity contribution >= 4 is 33.6 Å². The van der Waals surface area contributed by atoms with E-state index >= 15 is 0 Å². The van der Waals surface area contributed by atoms with E-state index in [2.05, 4.69) is 26.6 Å². The number of aliphatic carboxylic acids is 1. The highest BCUT2D eigenvalue weighted by Crippen LogP contribution is 2.22. The summed E-state index contributed by atoms with van der Waals surface area (Å²) in [6.07, 6.45) is 0.327. The van der Waals surface area contributed by atoms with Crippen molar-refractivity contribution in [2.75, 3.05) is 5.32 Å². The predicted octanol–water partition coefficient (Wildman–Crippen LogP) is 3.21. The van der Waals surface area contributed by atoms with Crippen LogP contribution in [0.25, 0.3) is 0 Å². The molecular weight excluding hydrogens is 331 g/mol. The molecule has 0 aliphatic carbocycles. The van der Waals surface area contributed by atoms with Crippen LogP contribution in [0, 0.1) is 11.7 Å². The van der Waals surface area contributed by atoms with Gasteiger partial charge in [-0.25, -0.2) is 14.0 Å². The molecule has 0 aliphatic heterocycles. The summed E-state index contributed by atoms with van der Waals surface area (Å²) in [5.41, 5.74) is 0.359. The zero-order chi connectivity index (χ0) is 15.3. The molecule has 0 saturated heterocycles. The Labute approximate surface area is 124 Å². The van der Waals surface area contributed by atoms with Crippen LogP contribution in [0.4, 0.5) is 14.9 Å². The maximum atomic E-state index is 12.9. The molecular formula is C13H16BrFN2O3. The van der Waals surface area contributed by atoms with Crippen LogP contribution in [-0.4, -0.2) is 23.1 Å². The van der Waals surface area contributed by atoms with Crippen molar-refractivity contribution in [3.8, 4) is 0 Å². The van der Waals surface area contributed by atoms with E-state index in [0.717, 1.165) is 0 Å². The molecule has 0 radical (unpaired) electrons. The van der Waals surface area contributed by atoms with Crippen molar-refractivity contribution in [1.29, 1.82) is 0 Å². The van der Waals surface area contributed by atoms with Crippen LogP contribution in [0.5, 0.6) is 0 Å². The van der Waals surface area contributed by atoms with Crippen LogP contribution in [0.3, 0.4) is 0 Å². The van der Waals surface area contributed by atoms with Gasteiger partial charge in [-0.05, 0) is 46.5 Å². The lowest BCUT2D eigenvalue weighted by Gasteiger charge is -2.17. The Morgan fingerprint density at radius 1 is 1.40 bits per heavy atom. The van der Waals surface area contributed by atoms with Gasteiger partial charge in [-0.15, -0.1) is 0 Å². The highest BCUT2D eigenvalue weighted by atomic mass is 79.9. The molecule has 2 amide bonds. The SMILES string of the molecule is CC(C)CC(NC(=O)Nc1ccc(F)cc1Br)C(=O)O. The molecule has 110 valence electrons. The first-order chi connectivity index (χ1) is 9.29. The molecule has 0 saturated carbocycles. The molecule has 0 bridgehead atoms. The highest BCUT2D eigenvalue weighted by Gasteiger charge is 2.21. The van der Waals surface area contributed by atoms with Crippen LogP contribution in [0.15, 0.2) is 22.7 Å². The zero-order valence-electron chi connectivity index (χ0n) is 11.1. The second-order valence-corrected chi connectivity index (χ2v) is 5.60. The Morgan fingerprint density at radius 3 is 2.55 bits per heavy atom. The molecule has 20 heavy (non-hydrogen) atoms. The van der Waals surface area contributed by atoms with Gasteiger partial charge in [0.15, 0.2) is 0 Å². The third-order valence-corrected chi connectivity index (χ3v) is 3.15. The zero-order valence-corrected chi connectivity index (χ0v) is 12.7. The summed E-state index contributed by atoms with van der Waals surface area (Å²) in [6, 6.07) is 2.18. The molecule has 0 spiro atoms. The van der Waals surface area contributed by atoms with Gasteiger partial charge in [-0.3, -0.25) is 0 Å². The van der Waals surface area contributed by atoms with Gasteiger partial charge in [0.05, 0.1) is 5.69 Å². The first-order valence-electron chi connectivity index (χ1n) is 6.05. The molecule has 5 nitrogen and oxygen atoms in total. The number of anilines is 1. The number of nitrogens with one attached hydrogen (secondary N) is 2. The third kappa shape index (κ3) is 5.16. The first kappa shape index (κ1) is 16.4. The van der Waals surface area contributed by atoms with Crippen LogP contribution >= 0.6 is 15.9 Å². The fourth-order valence-electron chi connectivity index (χ4n) is 1.60. The molecule has 0 aliphatic rings. The molecule has 1 unspecified atom stereocenters. The number of hydrogen-bond donors (Lipinski definition) is 3. The maximum Gasteiger partial charge on any atom is 0.326 e. The van der Waals surface area contributed by atoms with Gasteiger partial charge in [0, 0.05) is 4.47 Å². The number of carbonyl (C=O) groups is 2. The quantitative estimate of drug-likeness (QED) is 0.765.